The number of benzene rings is 1. The third-order valence-corrected chi connectivity index (χ3v) is 3.39. The fourth-order valence-electron chi connectivity index (χ4n) is 1.72. The van der Waals surface area contributed by atoms with E-state index in [1.54, 1.807) is 0 Å². The molecule has 6 heteroatoms. The van der Waals surface area contributed by atoms with E-state index in [9.17, 15) is 0 Å². The molecule has 0 amide bonds. The Balaban J connectivity index is 2.10. The summed E-state index contributed by atoms with van der Waals surface area (Å²) in [6.45, 7) is 3.55. The third-order valence-electron chi connectivity index (χ3n) is 2.61. The van der Waals surface area contributed by atoms with Gasteiger partial charge in [0.15, 0.2) is 5.16 Å². The van der Waals surface area contributed by atoms with Crippen molar-refractivity contribution in [3.05, 3.63) is 40.9 Å². The predicted octanol–water partition coefficient (Wildman–Crippen LogP) is 3.90. The van der Waals surface area contributed by atoms with Crippen LogP contribution in [0.1, 0.15) is 12.5 Å². The summed E-state index contributed by atoms with van der Waals surface area (Å²) in [4.78, 5) is 8.83. The van der Waals surface area contributed by atoms with Crippen molar-refractivity contribution in [3.63, 3.8) is 0 Å². The monoisotopic (exact) mass is 308 g/mol. The summed E-state index contributed by atoms with van der Waals surface area (Å²) in [5.41, 5.74) is 1.12. The number of hydrogen-bond acceptors (Lipinski definition) is 5. The Hall–Kier alpha value is -1.46. The Morgan fingerprint density at radius 1 is 1.15 bits per heavy atom. The molecule has 1 heterocycles. The summed E-state index contributed by atoms with van der Waals surface area (Å²) in [6.07, 6.45) is 1.96. The number of thioether (sulfide) groups is 1. The van der Waals surface area contributed by atoms with Crippen LogP contribution >= 0.6 is 23.4 Å². The van der Waals surface area contributed by atoms with Gasteiger partial charge in [-0.1, -0.05) is 35.5 Å². The molecule has 0 fully saturated rings. The average Bonchev–Trinajstić information content (AvgIpc) is 2.45. The van der Waals surface area contributed by atoms with Crippen molar-refractivity contribution in [2.24, 2.45) is 0 Å². The average molecular weight is 309 g/mol. The first-order valence-electron chi connectivity index (χ1n) is 6.36. The van der Waals surface area contributed by atoms with Crippen molar-refractivity contribution >= 4 is 35.0 Å². The van der Waals surface area contributed by atoms with Crippen LogP contribution in [-0.2, 0) is 6.54 Å². The maximum Gasteiger partial charge on any atom is 0.191 e. The molecule has 2 rings (SSSR count). The predicted molar refractivity (Wildman–Crippen MR) is 86.8 cm³/mol. The van der Waals surface area contributed by atoms with Crippen molar-refractivity contribution < 1.29 is 0 Å². The summed E-state index contributed by atoms with van der Waals surface area (Å²) < 4.78 is 0. The number of halogens is 1. The SMILES string of the molecule is CCNc1cc(NCc2cccc(Cl)c2)nc(SC)n1. The van der Waals surface area contributed by atoms with E-state index in [0.717, 1.165) is 33.9 Å². The van der Waals surface area contributed by atoms with Gasteiger partial charge in [-0.3, -0.25) is 0 Å². The van der Waals surface area contributed by atoms with Crippen LogP contribution in [0.15, 0.2) is 35.5 Å². The first-order chi connectivity index (χ1) is 9.71. The Bertz CT molecular complexity index is 577. The zero-order valence-electron chi connectivity index (χ0n) is 11.5. The Labute approximate surface area is 128 Å². The summed E-state index contributed by atoms with van der Waals surface area (Å²) >= 11 is 7.50. The van der Waals surface area contributed by atoms with E-state index in [1.807, 2.05) is 43.5 Å². The van der Waals surface area contributed by atoms with Gasteiger partial charge in [0, 0.05) is 24.2 Å². The van der Waals surface area contributed by atoms with Crippen LogP contribution in [-0.4, -0.2) is 22.8 Å². The lowest BCUT2D eigenvalue weighted by molar-refractivity contribution is 0.950. The van der Waals surface area contributed by atoms with Gasteiger partial charge in [0.05, 0.1) is 0 Å². The third kappa shape index (κ3) is 4.28. The van der Waals surface area contributed by atoms with Crippen molar-refractivity contribution in [2.45, 2.75) is 18.6 Å². The molecule has 20 heavy (non-hydrogen) atoms. The van der Waals surface area contributed by atoms with Crippen LogP contribution < -0.4 is 10.6 Å². The van der Waals surface area contributed by atoms with Crippen LogP contribution in [0.2, 0.25) is 5.02 Å². The van der Waals surface area contributed by atoms with Gasteiger partial charge in [-0.15, -0.1) is 0 Å². The molecule has 0 aliphatic rings. The van der Waals surface area contributed by atoms with Crippen molar-refractivity contribution in [2.75, 3.05) is 23.4 Å². The van der Waals surface area contributed by atoms with E-state index in [1.165, 1.54) is 11.8 Å². The van der Waals surface area contributed by atoms with Gasteiger partial charge in [0.2, 0.25) is 0 Å². The van der Waals surface area contributed by atoms with E-state index in [2.05, 4.69) is 20.6 Å². The molecule has 2 aromatic rings. The molecule has 0 atom stereocenters. The summed E-state index contributed by atoms with van der Waals surface area (Å²) in [5.74, 6) is 1.64. The van der Waals surface area contributed by atoms with Crippen LogP contribution in [0.4, 0.5) is 11.6 Å². The van der Waals surface area contributed by atoms with E-state index < -0.39 is 0 Å². The van der Waals surface area contributed by atoms with Crippen LogP contribution in [0.25, 0.3) is 0 Å². The fourth-order valence-corrected chi connectivity index (χ4v) is 2.31. The van der Waals surface area contributed by atoms with Gasteiger partial charge in [-0.2, -0.15) is 0 Å². The quantitative estimate of drug-likeness (QED) is 0.626. The fraction of sp³-hybridized carbons (Fsp3) is 0.286. The molecule has 0 saturated carbocycles. The van der Waals surface area contributed by atoms with E-state index in [4.69, 9.17) is 11.6 Å². The van der Waals surface area contributed by atoms with Gasteiger partial charge in [-0.25, -0.2) is 9.97 Å². The van der Waals surface area contributed by atoms with Crippen molar-refractivity contribution in [3.8, 4) is 0 Å². The first-order valence-corrected chi connectivity index (χ1v) is 7.96. The number of nitrogens with zero attached hydrogens (tertiary/aromatic N) is 2. The summed E-state index contributed by atoms with van der Waals surface area (Å²) in [6, 6.07) is 9.69. The minimum atomic E-state index is 0.678. The number of rotatable bonds is 6. The molecule has 0 saturated heterocycles. The van der Waals surface area contributed by atoms with E-state index in [-0.39, 0.29) is 0 Å². The smallest absolute Gasteiger partial charge is 0.191 e. The lowest BCUT2D eigenvalue weighted by atomic mass is 10.2. The number of anilines is 2. The molecule has 0 spiro atoms. The highest BCUT2D eigenvalue weighted by atomic mass is 35.5. The lowest BCUT2D eigenvalue weighted by Gasteiger charge is -2.10. The molecular weight excluding hydrogens is 292 g/mol. The molecule has 2 N–H and O–H groups in total. The molecule has 1 aromatic carbocycles. The second-order valence-corrected chi connectivity index (χ2v) is 5.35. The largest absolute Gasteiger partial charge is 0.370 e. The zero-order chi connectivity index (χ0) is 14.4. The molecular formula is C14H17ClN4S. The van der Waals surface area contributed by atoms with Crippen LogP contribution in [0.3, 0.4) is 0 Å². The summed E-state index contributed by atoms with van der Waals surface area (Å²) in [7, 11) is 0. The van der Waals surface area contributed by atoms with E-state index in [0.29, 0.717) is 6.54 Å². The second-order valence-electron chi connectivity index (χ2n) is 4.14. The number of nitrogens with one attached hydrogen (secondary N) is 2. The Morgan fingerprint density at radius 2 is 1.90 bits per heavy atom. The zero-order valence-corrected chi connectivity index (χ0v) is 13.1. The van der Waals surface area contributed by atoms with Crippen molar-refractivity contribution in [1.29, 1.82) is 0 Å². The summed E-state index contributed by atoms with van der Waals surface area (Å²) in [5, 5.41) is 7.99. The van der Waals surface area contributed by atoms with Crippen LogP contribution in [0.5, 0.6) is 0 Å². The van der Waals surface area contributed by atoms with Gasteiger partial charge < -0.3 is 10.6 Å². The first kappa shape index (κ1) is 14.9. The number of hydrogen-bond donors (Lipinski definition) is 2. The van der Waals surface area contributed by atoms with Gasteiger partial charge in [0.1, 0.15) is 11.6 Å². The maximum atomic E-state index is 5.97. The highest BCUT2D eigenvalue weighted by Gasteiger charge is 2.03. The molecule has 0 unspecified atom stereocenters. The number of aromatic nitrogens is 2. The molecule has 106 valence electrons. The van der Waals surface area contributed by atoms with Gasteiger partial charge in [-0.05, 0) is 30.9 Å². The topological polar surface area (TPSA) is 49.8 Å². The van der Waals surface area contributed by atoms with Crippen LogP contribution in [0, 0.1) is 0 Å². The second kappa shape index (κ2) is 7.36. The Kier molecular flexibility index (Phi) is 5.49. The molecule has 1 aromatic heterocycles. The van der Waals surface area contributed by atoms with Crippen molar-refractivity contribution in [1.82, 2.24) is 9.97 Å². The lowest BCUT2D eigenvalue weighted by Crippen LogP contribution is -2.06. The molecule has 0 aliphatic carbocycles. The highest BCUT2D eigenvalue weighted by Crippen LogP contribution is 2.18. The maximum absolute atomic E-state index is 5.97. The van der Waals surface area contributed by atoms with E-state index >= 15 is 0 Å². The van der Waals surface area contributed by atoms with Gasteiger partial charge >= 0.3 is 0 Å². The Morgan fingerprint density at radius 3 is 2.55 bits per heavy atom. The standard InChI is InChI=1S/C14H17ClN4S/c1-3-16-12-8-13(19-14(18-12)20-2)17-9-10-5-4-6-11(15)7-10/h4-8H,3,9H2,1-2H3,(H2,16,17,18,19). The molecule has 4 nitrogen and oxygen atoms in total. The normalized spacial score (nSPS) is 10.3. The van der Waals surface area contributed by atoms with Gasteiger partial charge in [0.25, 0.3) is 0 Å². The minimum Gasteiger partial charge on any atom is -0.370 e. The minimum absolute atomic E-state index is 0.678. The molecule has 0 radical (unpaired) electrons. The highest BCUT2D eigenvalue weighted by molar-refractivity contribution is 7.98. The molecule has 0 bridgehead atoms. The molecule has 0 aliphatic heterocycles.